The Bertz CT molecular complexity index is 663. The van der Waals surface area contributed by atoms with E-state index in [1.54, 1.807) is 12.1 Å². The molecule has 0 aromatic heterocycles. The molecule has 25 heavy (non-hydrogen) atoms. The molecule has 0 spiro atoms. The zero-order valence-corrected chi connectivity index (χ0v) is 14.2. The molecule has 3 fully saturated rings. The van der Waals surface area contributed by atoms with Crippen molar-refractivity contribution in [2.75, 3.05) is 19.7 Å². The molecule has 0 aliphatic carbocycles. The Kier molecular flexibility index (Phi) is 4.46. The second kappa shape index (κ2) is 6.75. The summed E-state index contributed by atoms with van der Waals surface area (Å²) in [6.45, 7) is 2.00. The number of hydrogen-bond acceptors (Lipinski definition) is 3. The number of hydrogen-bond donors (Lipinski definition) is 0. The van der Waals surface area contributed by atoms with E-state index < -0.39 is 0 Å². The van der Waals surface area contributed by atoms with Crippen LogP contribution in [-0.2, 0) is 20.7 Å². The lowest BCUT2D eigenvalue weighted by Crippen LogP contribution is -2.48. The van der Waals surface area contributed by atoms with E-state index in [-0.39, 0.29) is 42.2 Å². The Morgan fingerprint density at radius 1 is 1.20 bits per heavy atom. The number of carbonyl (C=O) groups is 2. The fraction of sp³-hybridized carbons (Fsp3) is 0.579. The van der Waals surface area contributed by atoms with Gasteiger partial charge in [-0.05, 0) is 37.0 Å². The lowest BCUT2D eigenvalue weighted by atomic mass is 10.00. The number of amides is 2. The Hall–Kier alpha value is -1.95. The number of carbonyl (C=O) groups excluding carboxylic acids is 2. The van der Waals surface area contributed by atoms with Gasteiger partial charge in [-0.15, -0.1) is 0 Å². The van der Waals surface area contributed by atoms with E-state index in [0.717, 1.165) is 31.4 Å². The van der Waals surface area contributed by atoms with E-state index in [9.17, 15) is 14.0 Å². The first-order chi connectivity index (χ1) is 12.1. The summed E-state index contributed by atoms with van der Waals surface area (Å²) in [6.07, 6.45) is 3.51. The highest BCUT2D eigenvalue weighted by Crippen LogP contribution is 2.33. The minimum absolute atomic E-state index is 0.0289. The molecular weight excluding hydrogens is 323 g/mol. The molecule has 3 atom stereocenters. The molecule has 134 valence electrons. The van der Waals surface area contributed by atoms with E-state index in [2.05, 4.69) is 0 Å². The van der Waals surface area contributed by atoms with Gasteiger partial charge in [-0.1, -0.05) is 12.1 Å². The van der Waals surface area contributed by atoms with E-state index in [1.807, 2.05) is 9.80 Å². The highest BCUT2D eigenvalue weighted by atomic mass is 19.1. The van der Waals surface area contributed by atoms with Crippen LogP contribution < -0.4 is 0 Å². The third kappa shape index (κ3) is 3.15. The van der Waals surface area contributed by atoms with Crippen LogP contribution in [0.5, 0.6) is 0 Å². The summed E-state index contributed by atoms with van der Waals surface area (Å²) in [4.78, 5) is 28.8. The van der Waals surface area contributed by atoms with Crippen molar-refractivity contribution in [2.24, 2.45) is 0 Å². The summed E-state index contributed by atoms with van der Waals surface area (Å²) in [5.74, 6) is -0.0993. The van der Waals surface area contributed by atoms with Crippen LogP contribution in [0.3, 0.4) is 0 Å². The molecule has 4 rings (SSSR count). The van der Waals surface area contributed by atoms with Crippen molar-refractivity contribution >= 4 is 11.8 Å². The number of fused-ring (bicyclic) bond motifs is 1. The number of rotatable bonds is 3. The van der Waals surface area contributed by atoms with Crippen LogP contribution in [0.4, 0.5) is 4.39 Å². The molecule has 0 saturated carbocycles. The van der Waals surface area contributed by atoms with E-state index in [1.165, 1.54) is 12.1 Å². The predicted octanol–water partition coefficient (Wildman–Crippen LogP) is 1.75. The summed E-state index contributed by atoms with van der Waals surface area (Å²) in [7, 11) is 0. The monoisotopic (exact) mass is 346 g/mol. The van der Waals surface area contributed by atoms with Gasteiger partial charge >= 0.3 is 0 Å². The van der Waals surface area contributed by atoms with Crippen molar-refractivity contribution in [3.8, 4) is 0 Å². The van der Waals surface area contributed by atoms with Gasteiger partial charge in [0.25, 0.3) is 0 Å². The van der Waals surface area contributed by atoms with Crippen molar-refractivity contribution in [3.05, 3.63) is 35.6 Å². The van der Waals surface area contributed by atoms with Crippen LogP contribution in [0.15, 0.2) is 24.3 Å². The number of halogens is 1. The molecule has 0 bridgehead atoms. The van der Waals surface area contributed by atoms with E-state index in [0.29, 0.717) is 19.6 Å². The number of ether oxygens (including phenoxy) is 1. The van der Waals surface area contributed by atoms with Crippen molar-refractivity contribution < 1.29 is 18.7 Å². The summed E-state index contributed by atoms with van der Waals surface area (Å²) in [5.41, 5.74) is 0.806. The fourth-order valence-electron chi connectivity index (χ4n) is 4.39. The van der Waals surface area contributed by atoms with E-state index in [4.69, 9.17) is 4.74 Å². The maximum atomic E-state index is 13.1. The smallest absolute Gasteiger partial charge is 0.227 e. The van der Waals surface area contributed by atoms with Crippen LogP contribution in [-0.4, -0.2) is 59.5 Å². The van der Waals surface area contributed by atoms with Gasteiger partial charge in [-0.2, -0.15) is 0 Å². The first-order valence-electron chi connectivity index (χ1n) is 9.08. The lowest BCUT2D eigenvalue weighted by Gasteiger charge is -2.34. The summed E-state index contributed by atoms with van der Waals surface area (Å²) in [5, 5.41) is 0. The molecule has 3 aliphatic rings. The van der Waals surface area contributed by atoms with Gasteiger partial charge in [0.05, 0.1) is 24.6 Å². The van der Waals surface area contributed by atoms with Gasteiger partial charge in [-0.25, -0.2) is 4.39 Å². The quantitative estimate of drug-likeness (QED) is 0.838. The molecule has 2 amide bonds. The molecule has 0 radical (unpaired) electrons. The van der Waals surface area contributed by atoms with Crippen LogP contribution in [0, 0.1) is 5.82 Å². The third-order valence-corrected chi connectivity index (χ3v) is 5.60. The Labute approximate surface area is 146 Å². The predicted molar refractivity (Wildman–Crippen MR) is 89.3 cm³/mol. The molecule has 3 heterocycles. The maximum absolute atomic E-state index is 13.1. The fourth-order valence-corrected chi connectivity index (χ4v) is 4.39. The average molecular weight is 346 g/mol. The lowest BCUT2D eigenvalue weighted by molar-refractivity contribution is -0.134. The van der Waals surface area contributed by atoms with Gasteiger partial charge in [0, 0.05) is 26.1 Å². The Balaban J connectivity index is 1.51. The van der Waals surface area contributed by atoms with Gasteiger partial charge in [0.2, 0.25) is 11.8 Å². The molecular formula is C19H23FN2O3. The van der Waals surface area contributed by atoms with Crippen molar-refractivity contribution in [2.45, 2.75) is 50.3 Å². The van der Waals surface area contributed by atoms with Crippen LogP contribution in [0.1, 0.15) is 31.2 Å². The van der Waals surface area contributed by atoms with E-state index >= 15 is 0 Å². The van der Waals surface area contributed by atoms with Crippen molar-refractivity contribution in [1.29, 1.82) is 0 Å². The number of likely N-dealkylation sites (tertiary alicyclic amines) is 2. The minimum atomic E-state index is -0.300. The zero-order chi connectivity index (χ0) is 17.4. The average Bonchev–Trinajstić information content (AvgIpc) is 3.20. The van der Waals surface area contributed by atoms with Crippen molar-refractivity contribution in [1.82, 2.24) is 9.80 Å². The normalized spacial score (nSPS) is 29.2. The standard InChI is InChI=1S/C19H23FN2O3/c20-14-7-5-13(6-8-14)11-18(24)22-12-16(21-9-1-4-17(21)23)19-15(22)3-2-10-25-19/h5-8,15-16,19H,1-4,9-12H2/t15-,16-,19+/m0/s1. The highest BCUT2D eigenvalue weighted by Gasteiger charge is 2.49. The minimum Gasteiger partial charge on any atom is -0.374 e. The Morgan fingerprint density at radius 3 is 2.72 bits per heavy atom. The molecule has 3 aliphatic heterocycles. The zero-order valence-electron chi connectivity index (χ0n) is 14.2. The Morgan fingerprint density at radius 2 is 2.00 bits per heavy atom. The van der Waals surface area contributed by atoms with Crippen molar-refractivity contribution in [3.63, 3.8) is 0 Å². The molecule has 6 heteroatoms. The van der Waals surface area contributed by atoms with Gasteiger partial charge in [-0.3, -0.25) is 9.59 Å². The molecule has 3 saturated heterocycles. The molecule has 0 N–H and O–H groups in total. The van der Waals surface area contributed by atoms with Crippen LogP contribution >= 0.6 is 0 Å². The molecule has 5 nitrogen and oxygen atoms in total. The molecule has 1 aromatic rings. The highest BCUT2D eigenvalue weighted by molar-refractivity contribution is 5.81. The van der Waals surface area contributed by atoms with Crippen LogP contribution in [0.2, 0.25) is 0 Å². The van der Waals surface area contributed by atoms with Crippen LogP contribution in [0.25, 0.3) is 0 Å². The topological polar surface area (TPSA) is 49.9 Å². The molecule has 1 aromatic carbocycles. The summed E-state index contributed by atoms with van der Waals surface area (Å²) < 4.78 is 19.0. The number of nitrogens with zero attached hydrogens (tertiary/aromatic N) is 2. The van der Waals surface area contributed by atoms with Gasteiger partial charge in [0.15, 0.2) is 0 Å². The molecule has 0 unspecified atom stereocenters. The van der Waals surface area contributed by atoms with Gasteiger partial charge in [0.1, 0.15) is 5.82 Å². The first-order valence-corrected chi connectivity index (χ1v) is 9.08. The van der Waals surface area contributed by atoms with Gasteiger partial charge < -0.3 is 14.5 Å². The first kappa shape index (κ1) is 16.5. The third-order valence-electron chi connectivity index (χ3n) is 5.60. The SMILES string of the molecule is O=C1CCCN1[C@H]1CN(C(=O)Cc2ccc(F)cc2)[C@H]2CCCO[C@@H]12. The number of benzene rings is 1. The maximum Gasteiger partial charge on any atom is 0.227 e. The largest absolute Gasteiger partial charge is 0.374 e. The summed E-state index contributed by atoms with van der Waals surface area (Å²) >= 11 is 0. The second-order valence-corrected chi connectivity index (χ2v) is 7.15. The summed E-state index contributed by atoms with van der Waals surface area (Å²) in [6, 6.07) is 6.08. The second-order valence-electron chi connectivity index (χ2n) is 7.15.